The molecule has 0 aromatic heterocycles. The van der Waals surface area contributed by atoms with Gasteiger partial charge in [-0.15, -0.1) is 23.5 Å². The van der Waals surface area contributed by atoms with Crippen molar-refractivity contribution in [2.45, 2.75) is 184 Å². The number of oxime groups is 6. The van der Waals surface area contributed by atoms with Gasteiger partial charge in [0, 0.05) is 98.1 Å². The van der Waals surface area contributed by atoms with Gasteiger partial charge in [-0.1, -0.05) is 299 Å². The van der Waals surface area contributed by atoms with Crippen molar-refractivity contribution in [3.63, 3.8) is 0 Å². The maximum atomic E-state index is 12.6. The van der Waals surface area contributed by atoms with E-state index in [1.54, 1.807) is 116 Å². The molecular weight excluding hydrogens is 2110 g/mol. The molecule has 0 bridgehead atoms. The molecule has 6 aliphatic heterocycles. The van der Waals surface area contributed by atoms with E-state index in [0.29, 0.717) is 80.6 Å². The molecule has 21 rings (SSSR count). The van der Waals surface area contributed by atoms with E-state index in [4.69, 9.17) is 63.6 Å². The number of nitrogens with zero attached hydrogens (tertiary/aromatic N) is 6. The number of aryl methyl sites for hydroxylation is 5. The quantitative estimate of drug-likeness (QED) is 0.0603. The summed E-state index contributed by atoms with van der Waals surface area (Å²) in [5, 5.41) is 33.5. The second-order valence-corrected chi connectivity index (χ2v) is 48.9. The minimum absolute atomic E-state index is 0.0674. The van der Waals surface area contributed by atoms with Crippen LogP contribution in [0.15, 0.2) is 369 Å². The maximum absolute atomic E-state index is 12.6. The molecule has 0 aliphatic carbocycles. The summed E-state index contributed by atoms with van der Waals surface area (Å²) in [5.41, 5.74) is 12.3. The van der Waals surface area contributed by atoms with Crippen LogP contribution in [-0.4, -0.2) is 126 Å². The van der Waals surface area contributed by atoms with Crippen LogP contribution >= 0.6 is 46.7 Å². The summed E-state index contributed by atoms with van der Waals surface area (Å²) < 4.78 is 200. The second-order valence-electron chi connectivity index (χ2n) is 35.9. The van der Waals surface area contributed by atoms with E-state index in [9.17, 15) is 50.5 Å². The van der Waals surface area contributed by atoms with Gasteiger partial charge in [0.05, 0.1) is 17.7 Å². The van der Waals surface area contributed by atoms with Gasteiger partial charge >= 0.3 is 60.7 Å². The summed E-state index contributed by atoms with van der Waals surface area (Å²) in [6.07, 6.45) is 4.10. The summed E-state index contributed by atoms with van der Waals surface area (Å²) in [6, 6.07) is 90.5. The Morgan fingerprint density at radius 2 is 0.620 bits per heavy atom. The highest BCUT2D eigenvalue weighted by molar-refractivity contribution is 8.00. The lowest BCUT2D eigenvalue weighted by Crippen LogP contribution is -2.22. The summed E-state index contributed by atoms with van der Waals surface area (Å²) in [7, 11) is -23.5. The molecule has 28 nitrogen and oxygen atoms in total. The average molecular weight is 2210 g/mol. The van der Waals surface area contributed by atoms with E-state index in [1.165, 1.54) is 54.6 Å². The van der Waals surface area contributed by atoms with E-state index < -0.39 is 66.8 Å². The monoisotopic (exact) mass is 2210 g/mol. The number of thioether (sulfide) groups is 2. The van der Waals surface area contributed by atoms with Crippen LogP contribution in [-0.2, 0) is 86.4 Å². The van der Waals surface area contributed by atoms with Crippen LogP contribution in [0.25, 0.3) is 43.1 Å². The molecular formula is C112H104Cl2N6O22S8. The first-order chi connectivity index (χ1) is 71.6. The molecule has 776 valence electrons. The number of hydrogen-bond acceptors (Lipinski definition) is 30. The van der Waals surface area contributed by atoms with Crippen molar-refractivity contribution in [2.24, 2.45) is 30.9 Å². The highest BCUT2D eigenvalue weighted by Crippen LogP contribution is 2.45. The fourth-order valence-electron chi connectivity index (χ4n) is 16.8. The van der Waals surface area contributed by atoms with Gasteiger partial charge in [-0.05, 0) is 210 Å². The number of fused-ring (bicyclic) bond motifs is 14. The molecule has 6 heterocycles. The lowest BCUT2D eigenvalue weighted by molar-refractivity contribution is 0.262. The van der Waals surface area contributed by atoms with Crippen LogP contribution in [0.3, 0.4) is 0 Å². The van der Waals surface area contributed by atoms with Crippen LogP contribution in [0, 0.1) is 34.6 Å². The molecule has 6 unspecified atom stereocenters. The zero-order valence-corrected chi connectivity index (χ0v) is 91.3. The molecule has 150 heavy (non-hydrogen) atoms. The Balaban J connectivity index is 0.000000129. The summed E-state index contributed by atoms with van der Waals surface area (Å²) in [4.78, 5) is 2.47. The molecule has 15 aromatic rings. The molecule has 0 spiro atoms. The van der Waals surface area contributed by atoms with Crippen LogP contribution in [0.1, 0.15) is 141 Å². The van der Waals surface area contributed by atoms with Crippen molar-refractivity contribution in [1.29, 1.82) is 0 Å². The smallest absolute Gasteiger partial charge is 0.358 e. The van der Waals surface area contributed by atoms with Gasteiger partial charge in [-0.25, -0.2) is 0 Å². The van der Waals surface area contributed by atoms with E-state index >= 15 is 0 Å². The van der Waals surface area contributed by atoms with Gasteiger partial charge in [0.15, 0.2) is 0 Å². The third-order valence-electron chi connectivity index (χ3n) is 24.5. The molecule has 15 aromatic carbocycles. The third-order valence-corrected chi connectivity index (χ3v) is 33.4. The number of hydrogen-bond donors (Lipinski definition) is 0. The van der Waals surface area contributed by atoms with E-state index in [0.717, 1.165) is 146 Å². The zero-order chi connectivity index (χ0) is 107. The molecule has 6 atom stereocenters. The van der Waals surface area contributed by atoms with Crippen LogP contribution < -0.4 is 18.9 Å². The fraction of sp³-hybridized carbons (Fsp3) is 0.214. The second kappa shape index (κ2) is 46.8. The zero-order valence-electron chi connectivity index (χ0n) is 83.3. The van der Waals surface area contributed by atoms with Gasteiger partial charge in [-0.3, -0.25) is 25.7 Å². The number of rotatable bonds is 21. The largest absolute Gasteiger partial charge is 0.483 e. The first-order valence-corrected chi connectivity index (χ1v) is 59.0. The number of unbranched alkanes of at least 4 members (excludes halogenated alkanes) is 1. The third kappa shape index (κ3) is 26.0. The highest BCUT2D eigenvalue weighted by Gasteiger charge is 2.38. The number of halogens is 2. The molecule has 0 N–H and O–H groups in total. The topological polar surface area (TPSA) is 371 Å². The van der Waals surface area contributed by atoms with Crippen molar-refractivity contribution in [2.75, 3.05) is 6.26 Å². The van der Waals surface area contributed by atoms with E-state index in [-0.39, 0.29) is 53.3 Å². The predicted molar refractivity (Wildman–Crippen MR) is 590 cm³/mol. The van der Waals surface area contributed by atoms with Gasteiger partial charge in [0.25, 0.3) is 0 Å². The summed E-state index contributed by atoms with van der Waals surface area (Å²) in [6.45, 7) is 21.1. The molecule has 0 saturated heterocycles. The Labute approximate surface area is 891 Å². The van der Waals surface area contributed by atoms with Gasteiger partial charge in [0.2, 0.25) is 0 Å². The Morgan fingerprint density at radius 3 is 0.967 bits per heavy atom. The number of ether oxygens (including phenoxy) is 4. The van der Waals surface area contributed by atoms with Crippen molar-refractivity contribution in [3.8, 4) is 23.0 Å². The Morgan fingerprint density at radius 1 is 0.320 bits per heavy atom. The first-order valence-electron chi connectivity index (χ1n) is 47.6. The van der Waals surface area contributed by atoms with Crippen LogP contribution in [0.2, 0.25) is 10.0 Å². The SMILES string of the molecule is CC1Oc2c(ccc3ccccc23)C1=NOS(C)(=O)=O.CCC1Oc2c(ccc3ccccc23)C1=NOS(=O)(=O)c1ccc(C)cc1.CCCCC1Oc2c(ccc3ccccc23)C1=NOS(=O)(=O)c1ccc(C)cc1.Cc1ccc(S(=O)(=O)O/N=C2\CC(C)Sc3ccc(Cl)cc32)cc1.Cc1ccc(S(=O)(=O)ON=C2c3ccc4ccccc4c3OC2C)cc1.Cc1ccccc1S(=O)(=O)O/N=C1\CC(C)Sc2ccc(Cl)cc21. The lowest BCUT2D eigenvalue weighted by Gasteiger charge is -2.22. The van der Waals surface area contributed by atoms with Crippen LogP contribution in [0.4, 0.5) is 0 Å². The van der Waals surface area contributed by atoms with E-state index in [1.807, 2.05) is 211 Å². The van der Waals surface area contributed by atoms with Gasteiger partial charge in [-0.2, -0.15) is 50.5 Å². The number of benzene rings is 15. The Kier molecular flexibility index (Phi) is 34.1. The van der Waals surface area contributed by atoms with Crippen molar-refractivity contribution in [1.82, 2.24) is 0 Å². The Bertz CT molecular complexity index is 8610. The highest BCUT2D eigenvalue weighted by atomic mass is 35.5. The maximum Gasteiger partial charge on any atom is 0.358 e. The van der Waals surface area contributed by atoms with Gasteiger partial charge < -0.3 is 18.9 Å². The fourth-order valence-corrected chi connectivity index (χ4v) is 23.5. The summed E-state index contributed by atoms with van der Waals surface area (Å²) in [5.74, 6) is 2.87. The first kappa shape index (κ1) is 109. The Hall–Kier alpha value is -13.7. The molecule has 0 radical (unpaired) electrons. The van der Waals surface area contributed by atoms with Crippen molar-refractivity contribution < 1.29 is 95.2 Å². The van der Waals surface area contributed by atoms with E-state index in [2.05, 4.69) is 56.0 Å². The molecule has 6 aliphatic rings. The molecule has 0 amide bonds. The summed E-state index contributed by atoms with van der Waals surface area (Å²) >= 11 is 15.5. The molecule has 0 fully saturated rings. The van der Waals surface area contributed by atoms with Crippen molar-refractivity contribution in [3.05, 3.63) is 375 Å². The standard InChI is InChI=1S/C23H23NO4S.C21H19NO4S.C20H17NO4S.2C17H16ClNO3S2.C14H13NO4S/c1-3-4-9-21-22(24-28-29(25,26)18-13-10-16(2)11-14-18)20-15-12-17-7-5-6-8-19(17)23(20)27-21;1-3-19-20(22-26-27(23,24)16-11-8-14(2)9-12-16)18-13-10-15-6-4-5-7-17(15)21(18)25-19;1-13-7-10-16(11-8-13)26(22,23)25-21-19-14(2)24-20-17-6-4-3-5-15(17)9-12-18(19)20;1-11-3-6-14(7-4-11)24(20,21)22-19-16-9-12(2)23-17-8-5-13(18)10-15(16)17;1-11-5-3-4-6-17(11)24(20,21)22-19-15-9-12(2)23-16-8-7-13(18)10-14(15)16;1-9-13(15-19-20(2,16)17)12-8-7-10-5-3-4-6-11(10)14(12)18-9/h5-8,10-15,21H,3-4,9H2,1-2H3;4-13,19H,3H2,1-2H3;3-12,14H,1-2H3;2*3-8,10,12H,9H2,1-2H3;3-9H,1-2H3/b;;;19-16+;19-15+;. The normalized spacial score (nSPS) is 18.4. The lowest BCUT2D eigenvalue weighted by atomic mass is 10.0. The minimum Gasteiger partial charge on any atom is -0.483 e. The van der Waals surface area contributed by atoms with Gasteiger partial charge in [0.1, 0.15) is 94.7 Å². The predicted octanol–water partition coefficient (Wildman–Crippen LogP) is 25.3. The minimum atomic E-state index is -4.00. The molecule has 38 heteroatoms. The molecule has 0 saturated carbocycles. The van der Waals surface area contributed by atoms with Crippen LogP contribution in [0.5, 0.6) is 23.0 Å². The average Bonchev–Trinajstić information content (AvgIpc) is 1.62. The van der Waals surface area contributed by atoms with Crippen molar-refractivity contribution >= 4 is 185 Å².